The molecule has 7 nitrogen and oxygen atoms in total. The van der Waals surface area contributed by atoms with Crippen molar-refractivity contribution in [3.05, 3.63) is 37.9 Å². The first-order chi connectivity index (χ1) is 9.68. The van der Waals surface area contributed by atoms with Crippen molar-refractivity contribution in [2.24, 2.45) is 0 Å². The standard InChI is InChI=1S/C11H12Cl2N2O5S/c1-2-21(19,20)4-3-14-11(16)8-5-7(15(17)18)6-9(12)10(8)13/h5-6H,2-4H2,1H3,(H,14,16). The van der Waals surface area contributed by atoms with Crippen molar-refractivity contribution >= 4 is 44.6 Å². The lowest BCUT2D eigenvalue weighted by atomic mass is 10.2. The van der Waals surface area contributed by atoms with Gasteiger partial charge in [-0.2, -0.15) is 0 Å². The first kappa shape index (κ1) is 17.7. The van der Waals surface area contributed by atoms with Crippen LogP contribution in [0.2, 0.25) is 10.0 Å². The number of non-ortho nitro benzene ring substituents is 1. The smallest absolute Gasteiger partial charge is 0.271 e. The molecule has 1 rings (SSSR count). The lowest BCUT2D eigenvalue weighted by Crippen LogP contribution is -2.29. The van der Waals surface area contributed by atoms with Gasteiger partial charge in [0, 0.05) is 24.4 Å². The first-order valence-electron chi connectivity index (χ1n) is 5.80. The van der Waals surface area contributed by atoms with Gasteiger partial charge in [-0.25, -0.2) is 8.42 Å². The second-order valence-electron chi connectivity index (χ2n) is 4.04. The van der Waals surface area contributed by atoms with E-state index in [9.17, 15) is 23.3 Å². The van der Waals surface area contributed by atoms with Gasteiger partial charge in [0.05, 0.1) is 26.3 Å². The molecule has 1 N–H and O–H groups in total. The van der Waals surface area contributed by atoms with Crippen LogP contribution in [0.15, 0.2) is 12.1 Å². The summed E-state index contributed by atoms with van der Waals surface area (Å²) >= 11 is 11.6. The second-order valence-corrected chi connectivity index (χ2v) is 7.30. The number of amides is 1. The molecule has 0 bridgehead atoms. The molecule has 0 fully saturated rings. The van der Waals surface area contributed by atoms with Crippen LogP contribution in [0, 0.1) is 10.1 Å². The summed E-state index contributed by atoms with van der Waals surface area (Å²) in [6.07, 6.45) is 0. The van der Waals surface area contributed by atoms with Gasteiger partial charge in [-0.1, -0.05) is 30.1 Å². The zero-order valence-electron chi connectivity index (χ0n) is 10.9. The fourth-order valence-electron chi connectivity index (χ4n) is 1.41. The van der Waals surface area contributed by atoms with Crippen molar-refractivity contribution in [2.45, 2.75) is 6.92 Å². The zero-order chi connectivity index (χ0) is 16.2. The quantitative estimate of drug-likeness (QED) is 0.621. The Balaban J connectivity index is 2.90. The highest BCUT2D eigenvalue weighted by Gasteiger charge is 2.19. The molecule has 1 aromatic rings. The Bertz CT molecular complexity index is 675. The molecule has 21 heavy (non-hydrogen) atoms. The number of sulfone groups is 1. The van der Waals surface area contributed by atoms with Crippen LogP contribution < -0.4 is 5.32 Å². The molecule has 116 valence electrons. The normalized spacial score (nSPS) is 11.2. The molecule has 0 heterocycles. The van der Waals surface area contributed by atoms with Crippen LogP contribution in [-0.4, -0.2) is 37.3 Å². The minimum absolute atomic E-state index is 0.0355. The maximum atomic E-state index is 11.9. The van der Waals surface area contributed by atoms with Gasteiger partial charge in [-0.15, -0.1) is 0 Å². The van der Waals surface area contributed by atoms with Gasteiger partial charge in [0.1, 0.15) is 0 Å². The van der Waals surface area contributed by atoms with E-state index in [2.05, 4.69) is 5.32 Å². The lowest BCUT2D eigenvalue weighted by Gasteiger charge is -2.08. The van der Waals surface area contributed by atoms with E-state index in [0.717, 1.165) is 12.1 Å². The van der Waals surface area contributed by atoms with Gasteiger partial charge in [0.2, 0.25) is 0 Å². The molecular formula is C11H12Cl2N2O5S. The van der Waals surface area contributed by atoms with E-state index in [1.807, 2.05) is 0 Å². The predicted octanol–water partition coefficient (Wildman–Crippen LogP) is 2.07. The SMILES string of the molecule is CCS(=O)(=O)CCNC(=O)c1cc([N+](=O)[O-])cc(Cl)c1Cl. The number of rotatable bonds is 6. The minimum atomic E-state index is -3.22. The molecule has 0 unspecified atom stereocenters. The molecule has 1 amide bonds. The number of nitro groups is 1. The highest BCUT2D eigenvalue weighted by Crippen LogP contribution is 2.30. The molecule has 0 spiro atoms. The first-order valence-corrected chi connectivity index (χ1v) is 8.37. The van der Waals surface area contributed by atoms with Crippen LogP contribution in [0.1, 0.15) is 17.3 Å². The molecule has 0 aliphatic carbocycles. The second kappa shape index (κ2) is 7.06. The lowest BCUT2D eigenvalue weighted by molar-refractivity contribution is -0.384. The Hall–Kier alpha value is -1.38. The highest BCUT2D eigenvalue weighted by molar-refractivity contribution is 7.91. The molecular weight excluding hydrogens is 343 g/mol. The van der Waals surface area contributed by atoms with Gasteiger partial charge in [-0.3, -0.25) is 14.9 Å². The third-order valence-corrected chi connectivity index (χ3v) is 5.11. The van der Waals surface area contributed by atoms with Gasteiger partial charge in [0.25, 0.3) is 11.6 Å². The minimum Gasteiger partial charge on any atom is -0.351 e. The van der Waals surface area contributed by atoms with E-state index in [1.165, 1.54) is 6.92 Å². The molecule has 0 aliphatic heterocycles. The maximum absolute atomic E-state index is 11.9. The summed E-state index contributed by atoms with van der Waals surface area (Å²) in [6.45, 7) is 1.37. The van der Waals surface area contributed by atoms with E-state index in [-0.39, 0.29) is 39.3 Å². The van der Waals surface area contributed by atoms with E-state index in [1.54, 1.807) is 0 Å². The Labute approximate surface area is 131 Å². The summed E-state index contributed by atoms with van der Waals surface area (Å²) < 4.78 is 22.6. The molecule has 0 atom stereocenters. The van der Waals surface area contributed by atoms with Crippen molar-refractivity contribution in [3.8, 4) is 0 Å². The number of nitrogens with one attached hydrogen (secondary N) is 1. The van der Waals surface area contributed by atoms with Gasteiger partial charge in [-0.05, 0) is 0 Å². The average Bonchev–Trinajstić information content (AvgIpc) is 2.41. The number of nitro benzene ring substituents is 1. The van der Waals surface area contributed by atoms with Crippen LogP contribution in [0.5, 0.6) is 0 Å². The molecule has 0 saturated heterocycles. The largest absolute Gasteiger partial charge is 0.351 e. The number of hydrogen-bond donors (Lipinski definition) is 1. The number of nitrogens with zero attached hydrogens (tertiary/aromatic N) is 1. The van der Waals surface area contributed by atoms with Crippen LogP contribution >= 0.6 is 23.2 Å². The molecule has 0 radical (unpaired) electrons. The van der Waals surface area contributed by atoms with Gasteiger partial charge >= 0.3 is 0 Å². The summed E-state index contributed by atoms with van der Waals surface area (Å²) in [7, 11) is -3.22. The van der Waals surface area contributed by atoms with Gasteiger partial charge in [0.15, 0.2) is 9.84 Å². The summed E-state index contributed by atoms with van der Waals surface area (Å²) in [4.78, 5) is 21.9. The van der Waals surface area contributed by atoms with E-state index in [4.69, 9.17) is 23.2 Å². The van der Waals surface area contributed by atoms with Crippen molar-refractivity contribution in [1.82, 2.24) is 5.32 Å². The molecule has 10 heteroatoms. The Morgan fingerprint density at radius 2 is 2.00 bits per heavy atom. The third-order valence-electron chi connectivity index (χ3n) is 2.61. The van der Waals surface area contributed by atoms with Crippen LogP contribution in [-0.2, 0) is 9.84 Å². The third kappa shape index (κ3) is 4.83. The Morgan fingerprint density at radius 3 is 2.52 bits per heavy atom. The average molecular weight is 355 g/mol. The summed E-state index contributed by atoms with van der Waals surface area (Å²) in [6, 6.07) is 2.01. The van der Waals surface area contributed by atoms with Crippen molar-refractivity contribution in [3.63, 3.8) is 0 Å². The Morgan fingerprint density at radius 1 is 1.38 bits per heavy atom. The summed E-state index contributed by atoms with van der Waals surface area (Å²) in [5, 5.41) is 12.8. The van der Waals surface area contributed by atoms with Crippen LogP contribution in [0.3, 0.4) is 0 Å². The molecule has 0 aromatic heterocycles. The number of hydrogen-bond acceptors (Lipinski definition) is 5. The van der Waals surface area contributed by atoms with Crippen molar-refractivity contribution in [2.75, 3.05) is 18.1 Å². The zero-order valence-corrected chi connectivity index (χ0v) is 13.3. The van der Waals surface area contributed by atoms with Gasteiger partial charge < -0.3 is 5.32 Å². The number of carbonyl (C=O) groups is 1. The number of benzene rings is 1. The fourth-order valence-corrected chi connectivity index (χ4v) is 2.52. The van der Waals surface area contributed by atoms with E-state index in [0.29, 0.717) is 0 Å². The van der Waals surface area contributed by atoms with E-state index < -0.39 is 20.7 Å². The number of halogens is 2. The highest BCUT2D eigenvalue weighted by atomic mass is 35.5. The van der Waals surface area contributed by atoms with Crippen molar-refractivity contribution < 1.29 is 18.1 Å². The molecule has 0 saturated carbocycles. The molecule has 0 aliphatic rings. The fraction of sp³-hybridized carbons (Fsp3) is 0.364. The van der Waals surface area contributed by atoms with Crippen LogP contribution in [0.25, 0.3) is 0 Å². The topological polar surface area (TPSA) is 106 Å². The monoisotopic (exact) mass is 354 g/mol. The predicted molar refractivity (Wildman–Crippen MR) is 79.8 cm³/mol. The van der Waals surface area contributed by atoms with Crippen LogP contribution in [0.4, 0.5) is 5.69 Å². The molecule has 1 aromatic carbocycles. The summed E-state index contributed by atoms with van der Waals surface area (Å²) in [5.74, 6) is -0.987. The Kier molecular flexibility index (Phi) is 5.94. The van der Waals surface area contributed by atoms with Crippen molar-refractivity contribution in [1.29, 1.82) is 0 Å². The number of carbonyl (C=O) groups excluding carboxylic acids is 1. The maximum Gasteiger partial charge on any atom is 0.271 e. The summed E-state index contributed by atoms with van der Waals surface area (Å²) in [5.41, 5.74) is -0.555. The van der Waals surface area contributed by atoms with E-state index >= 15 is 0 Å².